The van der Waals surface area contributed by atoms with Crippen molar-refractivity contribution in [2.45, 2.75) is 19.4 Å². The molecule has 0 radical (unpaired) electrons. The van der Waals surface area contributed by atoms with Gasteiger partial charge in [-0.15, -0.1) is 0 Å². The Kier molecular flexibility index (Phi) is 4.74. The van der Waals surface area contributed by atoms with Crippen molar-refractivity contribution in [3.8, 4) is 6.07 Å². The minimum atomic E-state index is -0.562. The summed E-state index contributed by atoms with van der Waals surface area (Å²) >= 11 is 0. The molecule has 0 spiro atoms. The largest absolute Gasteiger partial charge is 0.442 e. The molecule has 2 amide bonds. The van der Waals surface area contributed by atoms with Crippen LogP contribution in [0.15, 0.2) is 18.2 Å². The van der Waals surface area contributed by atoms with Gasteiger partial charge in [-0.05, 0) is 24.6 Å². The van der Waals surface area contributed by atoms with E-state index in [9.17, 15) is 14.0 Å². The first kappa shape index (κ1) is 17.0. The molecule has 0 bridgehead atoms. The molecular weight excluding hydrogens is 327 g/mol. The van der Waals surface area contributed by atoms with E-state index in [0.29, 0.717) is 24.5 Å². The van der Waals surface area contributed by atoms with E-state index in [1.165, 1.54) is 17.9 Å². The molecule has 132 valence electrons. The highest BCUT2D eigenvalue weighted by molar-refractivity contribution is 5.90. The smallest absolute Gasteiger partial charge is 0.414 e. The molecule has 7 nitrogen and oxygen atoms in total. The summed E-state index contributed by atoms with van der Waals surface area (Å²) in [5.41, 5.74) is 0.844. The normalized spacial score (nSPS) is 22.7. The first-order valence-electron chi connectivity index (χ1n) is 8.14. The van der Waals surface area contributed by atoms with Gasteiger partial charge in [-0.1, -0.05) is 0 Å². The molecule has 0 aliphatic carbocycles. The van der Waals surface area contributed by atoms with Crippen LogP contribution in [0.2, 0.25) is 0 Å². The fourth-order valence-corrected chi connectivity index (χ4v) is 3.10. The van der Waals surface area contributed by atoms with E-state index < -0.39 is 18.0 Å². The second-order valence-electron chi connectivity index (χ2n) is 6.25. The van der Waals surface area contributed by atoms with Crippen molar-refractivity contribution in [3.63, 3.8) is 0 Å². The van der Waals surface area contributed by atoms with E-state index in [1.807, 2.05) is 4.90 Å². The van der Waals surface area contributed by atoms with Crippen LogP contribution in [-0.2, 0) is 9.53 Å². The lowest BCUT2D eigenvalue weighted by molar-refractivity contribution is -0.119. The fourth-order valence-electron chi connectivity index (χ4n) is 3.10. The van der Waals surface area contributed by atoms with Crippen molar-refractivity contribution in [2.24, 2.45) is 5.92 Å². The van der Waals surface area contributed by atoms with Crippen LogP contribution in [0.25, 0.3) is 0 Å². The number of benzene rings is 1. The van der Waals surface area contributed by atoms with Gasteiger partial charge in [0.1, 0.15) is 11.9 Å². The summed E-state index contributed by atoms with van der Waals surface area (Å²) in [7, 11) is 0. The Bertz CT molecular complexity index is 733. The van der Waals surface area contributed by atoms with E-state index in [2.05, 4.69) is 11.4 Å². The number of nitrogens with one attached hydrogen (secondary N) is 1. The Balaban J connectivity index is 1.69. The average molecular weight is 346 g/mol. The molecule has 8 heteroatoms. The third-order valence-corrected chi connectivity index (χ3v) is 4.41. The lowest BCUT2D eigenvalue weighted by Gasteiger charge is -2.20. The number of amides is 2. The number of carbonyl (C=O) groups is 2. The van der Waals surface area contributed by atoms with Gasteiger partial charge in [0.2, 0.25) is 5.91 Å². The number of hydrogen-bond donors (Lipinski definition) is 1. The molecule has 2 aliphatic heterocycles. The van der Waals surface area contributed by atoms with Crippen molar-refractivity contribution >= 4 is 23.4 Å². The zero-order valence-electron chi connectivity index (χ0n) is 13.9. The number of rotatable bonds is 4. The van der Waals surface area contributed by atoms with Crippen LogP contribution < -0.4 is 15.1 Å². The molecule has 1 N–H and O–H groups in total. The minimum Gasteiger partial charge on any atom is -0.442 e. The zero-order valence-corrected chi connectivity index (χ0v) is 13.9. The number of nitriles is 1. The van der Waals surface area contributed by atoms with Crippen molar-refractivity contribution in [2.75, 3.05) is 36.0 Å². The van der Waals surface area contributed by atoms with E-state index in [0.717, 1.165) is 6.42 Å². The molecule has 2 saturated heterocycles. The molecule has 2 aliphatic rings. The molecule has 0 aromatic heterocycles. The molecule has 2 unspecified atom stereocenters. The maximum Gasteiger partial charge on any atom is 0.414 e. The number of nitrogens with zero attached hydrogens (tertiary/aromatic N) is 3. The van der Waals surface area contributed by atoms with E-state index in [1.54, 1.807) is 12.1 Å². The summed E-state index contributed by atoms with van der Waals surface area (Å²) in [5, 5.41) is 11.6. The Morgan fingerprint density at radius 2 is 2.28 bits per heavy atom. The number of cyclic esters (lactones) is 1. The molecule has 2 heterocycles. The van der Waals surface area contributed by atoms with Crippen LogP contribution in [0, 0.1) is 23.1 Å². The van der Waals surface area contributed by atoms with Gasteiger partial charge in [-0.3, -0.25) is 9.69 Å². The number of halogens is 1. The van der Waals surface area contributed by atoms with Gasteiger partial charge in [0.25, 0.3) is 0 Å². The molecule has 3 rings (SSSR count). The highest BCUT2D eigenvalue weighted by Gasteiger charge is 2.33. The number of carbonyl (C=O) groups excluding carboxylic acids is 2. The third-order valence-electron chi connectivity index (χ3n) is 4.41. The SMILES string of the molecule is CC(=O)NCC1CN(c2ccc(N3CCC(C#N)C3)c(F)c2)C(=O)O1. The molecule has 2 atom stereocenters. The molecule has 1 aromatic rings. The predicted octanol–water partition coefficient (Wildman–Crippen LogP) is 1.64. The molecule has 25 heavy (non-hydrogen) atoms. The summed E-state index contributed by atoms with van der Waals surface area (Å²) in [4.78, 5) is 26.1. The molecule has 1 aromatic carbocycles. The lowest BCUT2D eigenvalue weighted by Crippen LogP contribution is -2.33. The van der Waals surface area contributed by atoms with Crippen molar-refractivity contribution < 1.29 is 18.7 Å². The van der Waals surface area contributed by atoms with Crippen LogP contribution in [0.3, 0.4) is 0 Å². The first-order valence-corrected chi connectivity index (χ1v) is 8.14. The standard InChI is InChI=1S/C17H19FN4O3/c1-11(23)20-8-14-10-22(17(24)25-14)13-2-3-16(15(18)6-13)21-5-4-12(7-19)9-21/h2-3,6,12,14H,4-5,8-10H2,1H3,(H,20,23). The van der Waals surface area contributed by atoms with Crippen LogP contribution >= 0.6 is 0 Å². The van der Waals surface area contributed by atoms with Gasteiger partial charge in [0.15, 0.2) is 0 Å². The van der Waals surface area contributed by atoms with Crippen molar-refractivity contribution in [1.82, 2.24) is 5.32 Å². The predicted molar refractivity (Wildman–Crippen MR) is 88.6 cm³/mol. The summed E-state index contributed by atoms with van der Waals surface area (Å²) in [6.45, 7) is 3.01. The van der Waals surface area contributed by atoms with E-state index in [-0.39, 0.29) is 24.9 Å². The topological polar surface area (TPSA) is 85.7 Å². The highest BCUT2D eigenvalue weighted by Crippen LogP contribution is 2.30. The number of ether oxygens (including phenoxy) is 1. The maximum atomic E-state index is 14.5. The number of hydrogen-bond acceptors (Lipinski definition) is 5. The number of anilines is 2. The van der Waals surface area contributed by atoms with Crippen LogP contribution in [0.5, 0.6) is 0 Å². The Morgan fingerprint density at radius 3 is 2.92 bits per heavy atom. The summed E-state index contributed by atoms with van der Waals surface area (Å²) in [6.07, 6.45) is -0.302. The monoisotopic (exact) mass is 346 g/mol. The van der Waals surface area contributed by atoms with Crippen LogP contribution in [0.1, 0.15) is 13.3 Å². The molecule has 0 saturated carbocycles. The second-order valence-corrected chi connectivity index (χ2v) is 6.25. The minimum absolute atomic E-state index is 0.0813. The third kappa shape index (κ3) is 3.65. The van der Waals surface area contributed by atoms with Crippen molar-refractivity contribution in [1.29, 1.82) is 5.26 Å². The Hall–Kier alpha value is -2.82. The van der Waals surface area contributed by atoms with Gasteiger partial charge >= 0.3 is 6.09 Å². The van der Waals surface area contributed by atoms with Crippen LogP contribution in [0.4, 0.5) is 20.6 Å². The Morgan fingerprint density at radius 1 is 1.48 bits per heavy atom. The fraction of sp³-hybridized carbons (Fsp3) is 0.471. The van der Waals surface area contributed by atoms with Gasteiger partial charge in [-0.25, -0.2) is 9.18 Å². The van der Waals surface area contributed by atoms with Crippen molar-refractivity contribution in [3.05, 3.63) is 24.0 Å². The van der Waals surface area contributed by atoms with E-state index >= 15 is 0 Å². The summed E-state index contributed by atoms with van der Waals surface area (Å²) < 4.78 is 19.7. The zero-order chi connectivity index (χ0) is 18.0. The Labute approximate surface area is 144 Å². The van der Waals surface area contributed by atoms with E-state index in [4.69, 9.17) is 10.00 Å². The summed E-state index contributed by atoms with van der Waals surface area (Å²) in [6, 6.07) is 6.80. The average Bonchev–Trinajstić information content (AvgIpc) is 3.19. The lowest BCUT2D eigenvalue weighted by atomic mass is 10.1. The maximum absolute atomic E-state index is 14.5. The highest BCUT2D eigenvalue weighted by atomic mass is 19.1. The van der Waals surface area contributed by atoms with Gasteiger partial charge in [0, 0.05) is 20.0 Å². The van der Waals surface area contributed by atoms with Crippen LogP contribution in [-0.4, -0.2) is 44.3 Å². The molecular formula is C17H19FN4O3. The molecule has 2 fully saturated rings. The quantitative estimate of drug-likeness (QED) is 0.896. The van der Waals surface area contributed by atoms with Gasteiger partial charge < -0.3 is 15.0 Å². The summed E-state index contributed by atoms with van der Waals surface area (Å²) in [5.74, 6) is -0.720. The first-order chi connectivity index (χ1) is 12.0. The second kappa shape index (κ2) is 6.97. The van der Waals surface area contributed by atoms with Gasteiger partial charge in [0.05, 0.1) is 36.5 Å². The van der Waals surface area contributed by atoms with Gasteiger partial charge in [-0.2, -0.15) is 5.26 Å².